The Morgan fingerprint density at radius 3 is 2.65 bits per heavy atom. The molecule has 0 fully saturated rings. The minimum absolute atomic E-state index is 0.191. The van der Waals surface area contributed by atoms with Gasteiger partial charge in [-0.3, -0.25) is 4.98 Å². The molecule has 1 aliphatic rings. The number of pyridine rings is 1. The van der Waals surface area contributed by atoms with E-state index in [2.05, 4.69) is 20.2 Å². The molecule has 0 saturated heterocycles. The normalized spacial score (nSPS) is 16.8. The molecule has 0 saturated carbocycles. The number of carbonyl (C=O) groups is 1. The smallest absolute Gasteiger partial charge is 0.346 e. The minimum Gasteiger partial charge on any atom is -0.463 e. The quantitative estimate of drug-likeness (QED) is 0.754. The van der Waals surface area contributed by atoms with E-state index >= 15 is 0 Å². The Morgan fingerprint density at radius 1 is 1.35 bits per heavy atom. The van der Waals surface area contributed by atoms with Gasteiger partial charge in [0.2, 0.25) is 5.60 Å². The summed E-state index contributed by atoms with van der Waals surface area (Å²) in [6.45, 7) is 7.80. The molecular weight excluding hydrogens is 296 g/mol. The van der Waals surface area contributed by atoms with Crippen molar-refractivity contribution in [2.24, 2.45) is 15.2 Å². The summed E-state index contributed by atoms with van der Waals surface area (Å²) in [5.74, 6) is -0.270. The summed E-state index contributed by atoms with van der Waals surface area (Å²) in [5, 5.41) is 7.88. The molecule has 1 aromatic heterocycles. The Bertz CT molecular complexity index is 608. The lowest BCUT2D eigenvalue weighted by Crippen LogP contribution is -2.54. The lowest BCUT2D eigenvalue weighted by Gasteiger charge is -2.36. The molecule has 2 heterocycles. The molecule has 0 bridgehead atoms. The highest BCUT2D eigenvalue weighted by Crippen LogP contribution is 2.30. The van der Waals surface area contributed by atoms with Gasteiger partial charge in [-0.05, 0) is 39.3 Å². The minimum atomic E-state index is -1.43. The van der Waals surface area contributed by atoms with Gasteiger partial charge in [0.1, 0.15) is 0 Å². The van der Waals surface area contributed by atoms with Crippen LogP contribution in [0.25, 0.3) is 0 Å². The van der Waals surface area contributed by atoms with Gasteiger partial charge in [0.15, 0.2) is 12.5 Å². The van der Waals surface area contributed by atoms with Crippen LogP contribution >= 0.6 is 0 Å². The van der Waals surface area contributed by atoms with E-state index < -0.39 is 17.2 Å². The predicted octanol–water partition coefficient (Wildman–Crippen LogP) is 2.56. The second-order valence-corrected chi connectivity index (χ2v) is 6.16. The van der Waals surface area contributed by atoms with Crippen molar-refractivity contribution in [3.05, 3.63) is 30.1 Å². The summed E-state index contributed by atoms with van der Waals surface area (Å²) < 4.78 is 11.4. The van der Waals surface area contributed by atoms with Gasteiger partial charge in [0, 0.05) is 18.8 Å². The van der Waals surface area contributed by atoms with Crippen molar-refractivity contribution in [2.45, 2.75) is 45.3 Å². The van der Waals surface area contributed by atoms with Gasteiger partial charge in [-0.25, -0.2) is 9.79 Å². The molecule has 7 nitrogen and oxygen atoms in total. The van der Waals surface area contributed by atoms with Crippen LogP contribution in [-0.4, -0.2) is 41.3 Å². The fourth-order valence-corrected chi connectivity index (χ4v) is 2.36. The van der Waals surface area contributed by atoms with E-state index in [9.17, 15) is 4.79 Å². The van der Waals surface area contributed by atoms with Gasteiger partial charge in [-0.15, -0.1) is 5.11 Å². The summed E-state index contributed by atoms with van der Waals surface area (Å²) in [5.41, 5.74) is -1.21. The Morgan fingerprint density at radius 2 is 2.13 bits per heavy atom. The van der Waals surface area contributed by atoms with Crippen molar-refractivity contribution >= 4 is 11.8 Å². The molecule has 1 aliphatic heterocycles. The second-order valence-electron chi connectivity index (χ2n) is 6.16. The fraction of sp³-hybridized carbons (Fsp3) is 0.562. The number of rotatable bonds is 6. The first-order chi connectivity index (χ1) is 10.9. The Kier molecular flexibility index (Phi) is 5.20. The maximum absolute atomic E-state index is 12.8. The molecule has 124 valence electrons. The number of hydrogen-bond acceptors (Lipinski definition) is 7. The molecule has 0 spiro atoms. The first kappa shape index (κ1) is 17.2. The van der Waals surface area contributed by atoms with Crippen LogP contribution in [0.15, 0.2) is 39.7 Å². The van der Waals surface area contributed by atoms with E-state index in [0.717, 1.165) is 5.56 Å². The summed E-state index contributed by atoms with van der Waals surface area (Å²) in [4.78, 5) is 21.1. The average Bonchev–Trinajstić information content (AvgIpc) is 3.01. The van der Waals surface area contributed by atoms with Gasteiger partial charge in [-0.1, -0.05) is 6.07 Å². The zero-order valence-electron chi connectivity index (χ0n) is 13.9. The first-order valence-electron chi connectivity index (χ1n) is 7.56. The third kappa shape index (κ3) is 4.19. The Hall–Kier alpha value is -2.15. The summed E-state index contributed by atoms with van der Waals surface area (Å²) in [6.07, 6.45) is 3.59. The van der Waals surface area contributed by atoms with Crippen LogP contribution in [0.2, 0.25) is 0 Å². The molecule has 0 N–H and O–H groups in total. The largest absolute Gasteiger partial charge is 0.463 e. The molecule has 0 radical (unpaired) electrons. The Balaban J connectivity index is 2.48. The van der Waals surface area contributed by atoms with Crippen molar-refractivity contribution < 1.29 is 14.3 Å². The van der Waals surface area contributed by atoms with E-state index in [-0.39, 0.29) is 25.5 Å². The average molecular weight is 318 g/mol. The lowest BCUT2D eigenvalue weighted by atomic mass is 9.92. The molecule has 1 atom stereocenters. The van der Waals surface area contributed by atoms with Crippen molar-refractivity contribution in [1.29, 1.82) is 0 Å². The third-order valence-corrected chi connectivity index (χ3v) is 3.07. The van der Waals surface area contributed by atoms with E-state index in [1.165, 1.54) is 0 Å². The highest BCUT2D eigenvalue weighted by Gasteiger charge is 2.50. The highest BCUT2D eigenvalue weighted by molar-refractivity contribution is 6.10. The molecule has 0 amide bonds. The monoisotopic (exact) mass is 318 g/mol. The fourth-order valence-electron chi connectivity index (χ4n) is 2.36. The third-order valence-electron chi connectivity index (χ3n) is 3.07. The molecule has 0 aliphatic carbocycles. The SMILES string of the molecule is CCOC(=O)C(Cc1cccnc1)(OC(C)(C)C)C1=NCN=N1. The first-order valence-corrected chi connectivity index (χ1v) is 7.56. The number of aromatic nitrogens is 1. The van der Waals surface area contributed by atoms with Crippen molar-refractivity contribution in [3.8, 4) is 0 Å². The number of azo groups is 1. The van der Waals surface area contributed by atoms with Crippen LogP contribution in [0.3, 0.4) is 0 Å². The zero-order valence-corrected chi connectivity index (χ0v) is 13.9. The number of hydrogen-bond donors (Lipinski definition) is 0. The predicted molar refractivity (Wildman–Crippen MR) is 85.3 cm³/mol. The topological polar surface area (TPSA) is 85.5 Å². The van der Waals surface area contributed by atoms with E-state index in [1.54, 1.807) is 25.4 Å². The molecular formula is C16H22N4O3. The summed E-state index contributed by atoms with van der Waals surface area (Å²) >= 11 is 0. The molecule has 2 rings (SSSR count). The molecule has 0 aromatic carbocycles. The molecule has 1 unspecified atom stereocenters. The number of aliphatic imine (C=N–C) groups is 1. The second kappa shape index (κ2) is 6.95. The number of amidine groups is 1. The number of carbonyl (C=O) groups excluding carboxylic acids is 1. The van der Waals surface area contributed by atoms with Gasteiger partial charge in [0.05, 0.1) is 12.2 Å². The van der Waals surface area contributed by atoms with Crippen LogP contribution in [0, 0.1) is 0 Å². The van der Waals surface area contributed by atoms with Gasteiger partial charge >= 0.3 is 5.97 Å². The maximum Gasteiger partial charge on any atom is 0.346 e. The van der Waals surface area contributed by atoms with Crippen LogP contribution < -0.4 is 0 Å². The number of nitrogens with zero attached hydrogens (tertiary/aromatic N) is 4. The van der Waals surface area contributed by atoms with Gasteiger partial charge in [0.25, 0.3) is 0 Å². The zero-order chi connectivity index (χ0) is 16.9. The molecule has 23 heavy (non-hydrogen) atoms. The summed E-state index contributed by atoms with van der Waals surface area (Å²) in [6, 6.07) is 3.68. The highest BCUT2D eigenvalue weighted by atomic mass is 16.6. The maximum atomic E-state index is 12.8. The van der Waals surface area contributed by atoms with E-state index in [1.807, 2.05) is 26.8 Å². The van der Waals surface area contributed by atoms with Crippen LogP contribution in [0.4, 0.5) is 0 Å². The van der Waals surface area contributed by atoms with Crippen LogP contribution in [0.5, 0.6) is 0 Å². The molecule has 7 heteroatoms. The van der Waals surface area contributed by atoms with Gasteiger partial charge < -0.3 is 9.47 Å². The van der Waals surface area contributed by atoms with E-state index in [0.29, 0.717) is 0 Å². The van der Waals surface area contributed by atoms with Crippen molar-refractivity contribution in [2.75, 3.05) is 13.3 Å². The lowest BCUT2D eigenvalue weighted by molar-refractivity contribution is -0.176. The van der Waals surface area contributed by atoms with Gasteiger partial charge in [-0.2, -0.15) is 5.11 Å². The van der Waals surface area contributed by atoms with E-state index in [4.69, 9.17) is 9.47 Å². The van der Waals surface area contributed by atoms with Crippen LogP contribution in [0.1, 0.15) is 33.3 Å². The Labute approximate surface area is 135 Å². The summed E-state index contributed by atoms with van der Waals surface area (Å²) in [7, 11) is 0. The van der Waals surface area contributed by atoms with Crippen molar-refractivity contribution in [1.82, 2.24) is 4.98 Å². The number of esters is 1. The van der Waals surface area contributed by atoms with Crippen LogP contribution in [-0.2, 0) is 20.7 Å². The molecule has 1 aromatic rings. The standard InChI is InChI=1S/C16H22N4O3/c1-5-22-14(21)16(23-15(2,3)4,13-18-11-19-20-13)9-12-7-6-8-17-10-12/h6-8,10H,5,9,11H2,1-4H3. The number of ether oxygens (including phenoxy) is 2. The van der Waals surface area contributed by atoms with Crippen molar-refractivity contribution in [3.63, 3.8) is 0 Å².